The first kappa shape index (κ1) is 22.0. The first-order valence-electron chi connectivity index (χ1n) is 10.5. The minimum Gasteiger partial charge on any atom is -0.488 e. The molecule has 1 saturated heterocycles. The van der Waals surface area contributed by atoms with E-state index in [1.807, 2.05) is 18.4 Å². The van der Waals surface area contributed by atoms with E-state index in [0.29, 0.717) is 42.4 Å². The molecular weight excluding hydrogens is 429 g/mol. The van der Waals surface area contributed by atoms with Crippen LogP contribution in [0, 0.1) is 18.7 Å². The summed E-state index contributed by atoms with van der Waals surface area (Å²) in [5.41, 5.74) is 2.18. The SMILES string of the molecule is Cc1csc(NC(=O)C2CCN(C(=O)c3ccccc3OCc3ccc(F)cc3)CC2)n1. The Morgan fingerprint density at radius 1 is 1.16 bits per heavy atom. The van der Waals surface area contributed by atoms with Gasteiger partial charge in [-0.25, -0.2) is 9.37 Å². The normalized spacial score (nSPS) is 14.2. The third-order valence-electron chi connectivity index (χ3n) is 5.43. The van der Waals surface area contributed by atoms with E-state index in [-0.39, 0.29) is 30.2 Å². The Morgan fingerprint density at radius 3 is 2.56 bits per heavy atom. The number of carbonyl (C=O) groups excluding carboxylic acids is 2. The van der Waals surface area contributed by atoms with Crippen LogP contribution < -0.4 is 10.1 Å². The van der Waals surface area contributed by atoms with Crippen LogP contribution in [0.25, 0.3) is 0 Å². The number of hydrogen-bond acceptors (Lipinski definition) is 5. The Hall–Kier alpha value is -3.26. The number of thiazole rings is 1. The molecule has 1 N–H and O–H groups in total. The smallest absolute Gasteiger partial charge is 0.257 e. The van der Waals surface area contributed by atoms with E-state index in [0.717, 1.165) is 11.3 Å². The number of nitrogens with zero attached hydrogens (tertiary/aromatic N) is 2. The second-order valence-corrected chi connectivity index (χ2v) is 8.62. The van der Waals surface area contributed by atoms with Crippen LogP contribution in [0.4, 0.5) is 9.52 Å². The lowest BCUT2D eigenvalue weighted by Crippen LogP contribution is -2.41. The van der Waals surface area contributed by atoms with Crippen molar-refractivity contribution >= 4 is 28.3 Å². The summed E-state index contributed by atoms with van der Waals surface area (Å²) in [5, 5.41) is 5.38. The van der Waals surface area contributed by atoms with Crippen molar-refractivity contribution in [3.05, 3.63) is 76.5 Å². The number of likely N-dealkylation sites (tertiary alicyclic amines) is 1. The van der Waals surface area contributed by atoms with Crippen molar-refractivity contribution < 1.29 is 18.7 Å². The first-order chi connectivity index (χ1) is 15.5. The van der Waals surface area contributed by atoms with Crippen molar-refractivity contribution in [2.75, 3.05) is 18.4 Å². The van der Waals surface area contributed by atoms with Gasteiger partial charge >= 0.3 is 0 Å². The van der Waals surface area contributed by atoms with Crippen LogP contribution in [0.15, 0.2) is 53.9 Å². The topological polar surface area (TPSA) is 71.5 Å². The predicted molar refractivity (Wildman–Crippen MR) is 121 cm³/mol. The Labute approximate surface area is 190 Å². The molecule has 166 valence electrons. The third-order valence-corrected chi connectivity index (χ3v) is 6.30. The Kier molecular flexibility index (Phi) is 6.80. The Morgan fingerprint density at radius 2 is 1.88 bits per heavy atom. The van der Waals surface area contributed by atoms with E-state index in [4.69, 9.17) is 4.74 Å². The van der Waals surface area contributed by atoms with Gasteiger partial charge in [0.2, 0.25) is 5.91 Å². The second kappa shape index (κ2) is 9.91. The van der Waals surface area contributed by atoms with Gasteiger partial charge in [-0.05, 0) is 49.6 Å². The number of ether oxygens (including phenoxy) is 1. The summed E-state index contributed by atoms with van der Waals surface area (Å²) in [7, 11) is 0. The molecule has 2 aromatic carbocycles. The molecule has 0 saturated carbocycles. The van der Waals surface area contributed by atoms with Gasteiger partial charge in [-0.15, -0.1) is 11.3 Å². The van der Waals surface area contributed by atoms with Crippen molar-refractivity contribution in [3.8, 4) is 5.75 Å². The van der Waals surface area contributed by atoms with Gasteiger partial charge in [0.05, 0.1) is 11.3 Å². The van der Waals surface area contributed by atoms with Crippen molar-refractivity contribution in [1.82, 2.24) is 9.88 Å². The van der Waals surface area contributed by atoms with E-state index in [9.17, 15) is 14.0 Å². The molecule has 3 aromatic rings. The second-order valence-electron chi connectivity index (χ2n) is 7.76. The van der Waals surface area contributed by atoms with Crippen molar-refractivity contribution in [2.24, 2.45) is 5.92 Å². The van der Waals surface area contributed by atoms with E-state index in [1.54, 1.807) is 35.2 Å². The van der Waals surface area contributed by atoms with Crippen molar-refractivity contribution in [2.45, 2.75) is 26.4 Å². The number of halogens is 1. The average Bonchev–Trinajstić information content (AvgIpc) is 3.23. The van der Waals surface area contributed by atoms with Gasteiger partial charge in [-0.1, -0.05) is 24.3 Å². The molecule has 32 heavy (non-hydrogen) atoms. The minimum absolute atomic E-state index is 0.0468. The maximum absolute atomic E-state index is 13.1. The van der Waals surface area contributed by atoms with E-state index >= 15 is 0 Å². The predicted octanol–water partition coefficient (Wildman–Crippen LogP) is 4.66. The zero-order chi connectivity index (χ0) is 22.5. The fraction of sp³-hybridized carbons (Fsp3) is 0.292. The number of carbonyl (C=O) groups is 2. The van der Waals surface area contributed by atoms with Crippen molar-refractivity contribution in [3.63, 3.8) is 0 Å². The van der Waals surface area contributed by atoms with Gasteiger partial charge in [0.25, 0.3) is 5.91 Å². The van der Waals surface area contributed by atoms with Gasteiger partial charge in [0.15, 0.2) is 5.13 Å². The molecule has 0 atom stereocenters. The summed E-state index contributed by atoms with van der Waals surface area (Å²) in [6.45, 7) is 3.13. The number of para-hydroxylation sites is 1. The molecule has 0 radical (unpaired) electrons. The minimum atomic E-state index is -0.303. The van der Waals surface area contributed by atoms with Crippen LogP contribution in [0.3, 0.4) is 0 Å². The quantitative estimate of drug-likeness (QED) is 0.589. The molecule has 8 heteroatoms. The van der Waals surface area contributed by atoms with Crippen LogP contribution in [0.1, 0.15) is 34.5 Å². The Balaban J connectivity index is 1.34. The molecule has 1 aliphatic heterocycles. The molecule has 2 amide bonds. The Bertz CT molecular complexity index is 1090. The molecule has 0 spiro atoms. The summed E-state index contributed by atoms with van der Waals surface area (Å²) in [4.78, 5) is 31.7. The van der Waals surface area contributed by atoms with Gasteiger partial charge in [0, 0.05) is 24.4 Å². The fourth-order valence-corrected chi connectivity index (χ4v) is 4.34. The summed E-state index contributed by atoms with van der Waals surface area (Å²) < 4.78 is 19.0. The summed E-state index contributed by atoms with van der Waals surface area (Å²) in [6.07, 6.45) is 1.20. The van der Waals surface area contributed by atoms with Gasteiger partial charge in [-0.2, -0.15) is 0 Å². The van der Waals surface area contributed by atoms with Crippen LogP contribution in [-0.4, -0.2) is 34.8 Å². The number of piperidine rings is 1. The molecule has 1 aromatic heterocycles. The van der Waals surface area contributed by atoms with Gasteiger partial charge < -0.3 is 15.0 Å². The highest BCUT2D eigenvalue weighted by Gasteiger charge is 2.29. The first-order valence-corrected chi connectivity index (χ1v) is 11.4. The maximum Gasteiger partial charge on any atom is 0.257 e. The van der Waals surface area contributed by atoms with Crippen LogP contribution in [0.2, 0.25) is 0 Å². The number of amides is 2. The fourth-order valence-electron chi connectivity index (χ4n) is 3.64. The number of rotatable bonds is 6. The lowest BCUT2D eigenvalue weighted by molar-refractivity contribution is -0.121. The zero-order valence-electron chi connectivity index (χ0n) is 17.7. The van der Waals surface area contributed by atoms with Gasteiger partial charge in [0.1, 0.15) is 18.2 Å². The number of benzene rings is 2. The van der Waals surface area contributed by atoms with Crippen LogP contribution >= 0.6 is 11.3 Å². The molecule has 4 rings (SSSR count). The molecule has 2 heterocycles. The van der Waals surface area contributed by atoms with E-state index < -0.39 is 0 Å². The molecule has 1 aliphatic rings. The van der Waals surface area contributed by atoms with Crippen molar-refractivity contribution in [1.29, 1.82) is 0 Å². The molecule has 1 fully saturated rings. The monoisotopic (exact) mass is 453 g/mol. The van der Waals surface area contributed by atoms with E-state index in [2.05, 4.69) is 10.3 Å². The molecule has 0 bridgehead atoms. The molecular formula is C24H24FN3O3S. The molecule has 0 aliphatic carbocycles. The average molecular weight is 454 g/mol. The van der Waals surface area contributed by atoms with Crippen LogP contribution in [-0.2, 0) is 11.4 Å². The largest absolute Gasteiger partial charge is 0.488 e. The van der Waals surface area contributed by atoms with E-state index in [1.165, 1.54) is 23.5 Å². The molecule has 0 unspecified atom stereocenters. The standard InChI is InChI=1S/C24H24FN3O3S/c1-16-15-32-24(26-16)27-22(29)18-10-12-28(13-11-18)23(30)20-4-2-3-5-21(20)31-14-17-6-8-19(25)9-7-17/h2-9,15,18H,10-14H2,1H3,(H,26,27,29). The molecule has 6 nitrogen and oxygen atoms in total. The zero-order valence-corrected chi connectivity index (χ0v) is 18.5. The number of nitrogens with one attached hydrogen (secondary N) is 1. The lowest BCUT2D eigenvalue weighted by atomic mass is 9.95. The number of aromatic nitrogens is 1. The highest BCUT2D eigenvalue weighted by Crippen LogP contribution is 2.26. The highest BCUT2D eigenvalue weighted by molar-refractivity contribution is 7.13. The van der Waals surface area contributed by atoms with Gasteiger partial charge in [-0.3, -0.25) is 9.59 Å². The lowest BCUT2D eigenvalue weighted by Gasteiger charge is -2.31. The third kappa shape index (κ3) is 5.31. The summed E-state index contributed by atoms with van der Waals surface area (Å²) >= 11 is 1.41. The number of hydrogen-bond donors (Lipinski definition) is 1. The summed E-state index contributed by atoms with van der Waals surface area (Å²) in [5.74, 6) is -0.124. The van der Waals surface area contributed by atoms with Crippen LogP contribution in [0.5, 0.6) is 5.75 Å². The number of aryl methyl sites for hydroxylation is 1. The number of anilines is 1. The highest BCUT2D eigenvalue weighted by atomic mass is 32.1. The summed E-state index contributed by atoms with van der Waals surface area (Å²) in [6, 6.07) is 13.2. The maximum atomic E-state index is 13.1.